The van der Waals surface area contributed by atoms with E-state index in [1.165, 1.54) is 11.3 Å². The molecule has 7 heteroatoms. The van der Waals surface area contributed by atoms with E-state index >= 15 is 0 Å². The van der Waals surface area contributed by atoms with Gasteiger partial charge in [0.2, 0.25) is 0 Å². The van der Waals surface area contributed by atoms with Gasteiger partial charge >= 0.3 is 6.09 Å². The molecular formula is C21H24N2O4S. The molecule has 3 rings (SSSR count). The summed E-state index contributed by atoms with van der Waals surface area (Å²) in [5.41, 5.74) is 2.90. The second-order valence-corrected chi connectivity index (χ2v) is 7.87. The van der Waals surface area contributed by atoms with Gasteiger partial charge in [0.15, 0.2) is 0 Å². The van der Waals surface area contributed by atoms with Crippen LogP contribution in [-0.2, 0) is 17.6 Å². The summed E-state index contributed by atoms with van der Waals surface area (Å²) < 4.78 is 4.83. The number of nitrogens with one attached hydrogen (secondary N) is 2. The number of thiophene rings is 1. The van der Waals surface area contributed by atoms with Crippen molar-refractivity contribution in [2.45, 2.75) is 46.0 Å². The second-order valence-electron chi connectivity index (χ2n) is 6.76. The van der Waals surface area contributed by atoms with Gasteiger partial charge in [0.05, 0.1) is 12.2 Å². The molecule has 1 heterocycles. The summed E-state index contributed by atoms with van der Waals surface area (Å²) in [6.45, 7) is 3.81. The number of aryl methyl sites for hydroxylation is 2. The number of amides is 3. The van der Waals surface area contributed by atoms with E-state index < -0.39 is 12.0 Å². The Morgan fingerprint density at radius 1 is 1.04 bits per heavy atom. The average molecular weight is 401 g/mol. The molecule has 1 aliphatic carbocycles. The van der Waals surface area contributed by atoms with Crippen LogP contribution in [0.2, 0.25) is 0 Å². The van der Waals surface area contributed by atoms with Gasteiger partial charge in [-0.15, -0.1) is 11.3 Å². The van der Waals surface area contributed by atoms with Crippen molar-refractivity contribution < 1.29 is 19.1 Å². The van der Waals surface area contributed by atoms with E-state index in [4.69, 9.17) is 4.74 Å². The van der Waals surface area contributed by atoms with Gasteiger partial charge in [-0.1, -0.05) is 24.1 Å². The maximum absolute atomic E-state index is 12.8. The molecule has 3 amide bonds. The highest BCUT2D eigenvalue weighted by Gasteiger charge is 2.27. The quantitative estimate of drug-likeness (QED) is 0.742. The number of carbonyl (C=O) groups excluding carboxylic acids is 3. The van der Waals surface area contributed by atoms with Crippen LogP contribution in [0.5, 0.6) is 0 Å². The van der Waals surface area contributed by atoms with E-state index in [1.54, 1.807) is 19.1 Å². The van der Waals surface area contributed by atoms with E-state index in [9.17, 15) is 14.4 Å². The molecule has 148 valence electrons. The summed E-state index contributed by atoms with van der Waals surface area (Å²) >= 11 is 1.43. The Morgan fingerprint density at radius 2 is 1.75 bits per heavy atom. The third kappa shape index (κ3) is 4.59. The average Bonchev–Trinajstić information content (AvgIpc) is 2.83. The maximum atomic E-state index is 12.8. The Balaban J connectivity index is 1.91. The number of rotatable bonds is 4. The van der Waals surface area contributed by atoms with Crippen molar-refractivity contribution in [2.24, 2.45) is 0 Å². The van der Waals surface area contributed by atoms with Crippen molar-refractivity contribution in [3.8, 4) is 0 Å². The number of ether oxygens (including phenoxy) is 1. The minimum absolute atomic E-state index is 0.178. The molecule has 0 saturated heterocycles. The van der Waals surface area contributed by atoms with Gasteiger partial charge in [-0.2, -0.15) is 0 Å². The van der Waals surface area contributed by atoms with Gasteiger partial charge in [0.25, 0.3) is 11.8 Å². The Morgan fingerprint density at radius 3 is 2.46 bits per heavy atom. The largest absolute Gasteiger partial charge is 0.450 e. The monoisotopic (exact) mass is 400 g/mol. The van der Waals surface area contributed by atoms with Gasteiger partial charge in [-0.25, -0.2) is 4.79 Å². The molecule has 0 unspecified atom stereocenters. The van der Waals surface area contributed by atoms with Crippen LogP contribution in [0.1, 0.15) is 62.9 Å². The van der Waals surface area contributed by atoms with E-state index in [-0.39, 0.29) is 12.5 Å². The lowest BCUT2D eigenvalue weighted by Crippen LogP contribution is -2.32. The number of anilines is 1. The fourth-order valence-electron chi connectivity index (χ4n) is 3.27. The molecule has 0 aliphatic heterocycles. The highest BCUT2D eigenvalue weighted by Crippen LogP contribution is 2.37. The van der Waals surface area contributed by atoms with Crippen LogP contribution in [0.3, 0.4) is 0 Å². The third-order valence-electron chi connectivity index (χ3n) is 4.68. The first-order valence-electron chi connectivity index (χ1n) is 9.50. The molecule has 0 fully saturated rings. The number of carbonyl (C=O) groups is 3. The van der Waals surface area contributed by atoms with Gasteiger partial charge in [0, 0.05) is 10.4 Å². The summed E-state index contributed by atoms with van der Waals surface area (Å²) in [5, 5.41) is 5.63. The van der Waals surface area contributed by atoms with E-state index in [2.05, 4.69) is 10.6 Å². The fourth-order valence-corrected chi connectivity index (χ4v) is 4.56. The number of alkyl carbamates (subject to hydrolysis) is 1. The fraction of sp³-hybridized carbons (Fsp3) is 0.381. The molecule has 6 nitrogen and oxygen atoms in total. The van der Waals surface area contributed by atoms with Crippen LogP contribution in [0, 0.1) is 6.92 Å². The smallest absolute Gasteiger partial charge is 0.414 e. The van der Waals surface area contributed by atoms with Gasteiger partial charge in [-0.05, 0) is 57.2 Å². The summed E-state index contributed by atoms with van der Waals surface area (Å²) in [7, 11) is 0. The Labute approximate surface area is 168 Å². The standard InChI is InChI=1S/C21H24N2O4S/c1-3-27-21(26)23-19(25)17-15-7-5-4-6-8-16(15)28-20(17)22-18(24)14-11-9-13(2)10-12-14/h9-12H,3-8H2,1-2H3,(H,22,24)(H,23,25,26). The van der Waals surface area contributed by atoms with Gasteiger partial charge < -0.3 is 10.1 Å². The minimum Gasteiger partial charge on any atom is -0.450 e. The molecule has 0 radical (unpaired) electrons. The molecular weight excluding hydrogens is 376 g/mol. The number of hydrogen-bond acceptors (Lipinski definition) is 5. The Hall–Kier alpha value is -2.67. The van der Waals surface area contributed by atoms with Crippen LogP contribution < -0.4 is 10.6 Å². The first kappa shape index (κ1) is 20.1. The molecule has 0 atom stereocenters. The van der Waals surface area contributed by atoms with Crippen molar-refractivity contribution in [2.75, 3.05) is 11.9 Å². The summed E-state index contributed by atoms with van der Waals surface area (Å²) in [6, 6.07) is 7.24. The predicted molar refractivity (Wildman–Crippen MR) is 109 cm³/mol. The molecule has 2 aromatic rings. The normalized spacial score (nSPS) is 13.2. The van der Waals surface area contributed by atoms with Gasteiger partial charge in [-0.3, -0.25) is 14.9 Å². The van der Waals surface area contributed by atoms with Gasteiger partial charge in [0.1, 0.15) is 5.00 Å². The van der Waals surface area contributed by atoms with Crippen molar-refractivity contribution in [3.63, 3.8) is 0 Å². The van der Waals surface area contributed by atoms with Crippen LogP contribution in [0.4, 0.5) is 9.80 Å². The summed E-state index contributed by atoms with van der Waals surface area (Å²) in [5.74, 6) is -0.807. The second kappa shape index (κ2) is 9.01. The number of fused-ring (bicyclic) bond motifs is 1. The molecule has 0 saturated carbocycles. The number of benzene rings is 1. The van der Waals surface area contributed by atoms with Crippen molar-refractivity contribution in [1.82, 2.24) is 5.32 Å². The lowest BCUT2D eigenvalue weighted by atomic mass is 10.0. The van der Waals surface area contributed by atoms with E-state index in [1.807, 2.05) is 19.1 Å². The molecule has 2 N–H and O–H groups in total. The zero-order chi connectivity index (χ0) is 20.1. The van der Waals surface area contributed by atoms with Crippen LogP contribution in [-0.4, -0.2) is 24.5 Å². The van der Waals surface area contributed by atoms with Crippen LogP contribution >= 0.6 is 11.3 Å². The zero-order valence-corrected chi connectivity index (χ0v) is 16.9. The molecule has 1 aromatic heterocycles. The molecule has 1 aromatic carbocycles. The molecule has 28 heavy (non-hydrogen) atoms. The number of imide groups is 1. The van der Waals surface area contributed by atoms with Crippen molar-refractivity contribution in [1.29, 1.82) is 0 Å². The molecule has 1 aliphatic rings. The Kier molecular flexibility index (Phi) is 6.46. The topological polar surface area (TPSA) is 84.5 Å². The maximum Gasteiger partial charge on any atom is 0.414 e. The third-order valence-corrected chi connectivity index (χ3v) is 5.89. The minimum atomic E-state index is -0.781. The molecule has 0 bridgehead atoms. The summed E-state index contributed by atoms with van der Waals surface area (Å²) in [4.78, 5) is 38.3. The number of hydrogen-bond donors (Lipinski definition) is 2. The van der Waals surface area contributed by atoms with Crippen molar-refractivity contribution in [3.05, 3.63) is 51.4 Å². The lowest BCUT2D eigenvalue weighted by molar-refractivity contribution is 0.0925. The predicted octanol–water partition coefficient (Wildman–Crippen LogP) is 4.46. The SMILES string of the molecule is CCOC(=O)NC(=O)c1c(NC(=O)c2ccc(C)cc2)sc2c1CCCCC2. The Bertz CT molecular complexity index is 887. The highest BCUT2D eigenvalue weighted by atomic mass is 32.1. The zero-order valence-electron chi connectivity index (χ0n) is 16.1. The molecule has 0 spiro atoms. The van der Waals surface area contributed by atoms with E-state index in [0.717, 1.165) is 48.1 Å². The summed E-state index contributed by atoms with van der Waals surface area (Å²) in [6.07, 6.45) is 3.99. The first-order valence-corrected chi connectivity index (χ1v) is 10.3. The van der Waals surface area contributed by atoms with Crippen molar-refractivity contribution >= 4 is 34.2 Å². The van der Waals surface area contributed by atoms with Crippen LogP contribution in [0.25, 0.3) is 0 Å². The van der Waals surface area contributed by atoms with Crippen LogP contribution in [0.15, 0.2) is 24.3 Å². The highest BCUT2D eigenvalue weighted by molar-refractivity contribution is 7.17. The lowest BCUT2D eigenvalue weighted by Gasteiger charge is -2.09. The van der Waals surface area contributed by atoms with E-state index in [0.29, 0.717) is 16.1 Å². The first-order chi connectivity index (χ1) is 13.5.